The van der Waals surface area contributed by atoms with Crippen LogP contribution in [-0.4, -0.2) is 10.5 Å². The molecule has 0 aliphatic heterocycles. The van der Waals surface area contributed by atoms with E-state index in [0.717, 1.165) is 11.5 Å². The highest BCUT2D eigenvalue weighted by molar-refractivity contribution is 5.39. The summed E-state index contributed by atoms with van der Waals surface area (Å²) in [7, 11) is 0. The third-order valence-corrected chi connectivity index (χ3v) is 2.78. The van der Waals surface area contributed by atoms with Crippen LogP contribution in [0.3, 0.4) is 0 Å². The van der Waals surface area contributed by atoms with Gasteiger partial charge in [0.1, 0.15) is 5.82 Å². The van der Waals surface area contributed by atoms with Crippen molar-refractivity contribution in [3.8, 4) is 0 Å². The second kappa shape index (κ2) is 3.02. The van der Waals surface area contributed by atoms with Gasteiger partial charge in [-0.3, -0.25) is 0 Å². The average Bonchev–Trinajstić information content (AvgIpc) is 2.01. The Labute approximate surface area is 79.4 Å². The lowest BCUT2D eigenvalue weighted by Crippen LogP contribution is -2.41. The molecule has 13 heavy (non-hydrogen) atoms. The molecule has 0 bridgehead atoms. The fraction of sp³-hybridized carbons (Fsp3) is 0.545. The fourth-order valence-corrected chi connectivity index (χ4v) is 1.75. The van der Waals surface area contributed by atoms with Gasteiger partial charge < -0.3 is 5.32 Å². The summed E-state index contributed by atoms with van der Waals surface area (Å²) >= 11 is 0. The molecule has 1 fully saturated rings. The molecule has 0 saturated heterocycles. The van der Waals surface area contributed by atoms with Gasteiger partial charge in [-0.15, -0.1) is 0 Å². The zero-order valence-electron chi connectivity index (χ0n) is 8.30. The molecule has 0 spiro atoms. The van der Waals surface area contributed by atoms with Gasteiger partial charge in [-0.2, -0.15) is 0 Å². The number of nitrogens with zero attached hydrogens (tertiary/aromatic N) is 1. The van der Waals surface area contributed by atoms with E-state index >= 15 is 0 Å². The van der Waals surface area contributed by atoms with Crippen molar-refractivity contribution < 1.29 is 0 Å². The third kappa shape index (κ3) is 1.82. The van der Waals surface area contributed by atoms with Gasteiger partial charge in [-0.25, -0.2) is 4.98 Å². The maximum atomic E-state index is 4.43. The number of nitrogens with one attached hydrogen (secondary N) is 1. The van der Waals surface area contributed by atoms with Crippen molar-refractivity contribution >= 4 is 5.82 Å². The maximum Gasteiger partial charge on any atom is 0.126 e. The average molecular weight is 176 g/mol. The van der Waals surface area contributed by atoms with E-state index in [2.05, 4.69) is 17.2 Å². The minimum Gasteiger partial charge on any atom is -0.365 e. The van der Waals surface area contributed by atoms with Crippen molar-refractivity contribution in [2.45, 2.75) is 38.6 Å². The van der Waals surface area contributed by atoms with Crippen LogP contribution < -0.4 is 5.32 Å². The zero-order valence-corrected chi connectivity index (χ0v) is 8.30. The Balaban J connectivity index is 2.09. The largest absolute Gasteiger partial charge is 0.365 e. The first-order valence-corrected chi connectivity index (χ1v) is 4.90. The van der Waals surface area contributed by atoms with Gasteiger partial charge in [0, 0.05) is 11.2 Å². The minimum atomic E-state index is 0.306. The number of pyridine rings is 1. The van der Waals surface area contributed by atoms with Crippen LogP contribution in [0.2, 0.25) is 0 Å². The van der Waals surface area contributed by atoms with Crippen LogP contribution >= 0.6 is 0 Å². The van der Waals surface area contributed by atoms with Gasteiger partial charge in [0.15, 0.2) is 0 Å². The van der Waals surface area contributed by atoms with Crippen LogP contribution in [0.25, 0.3) is 0 Å². The van der Waals surface area contributed by atoms with Gasteiger partial charge in [0.25, 0.3) is 0 Å². The van der Waals surface area contributed by atoms with E-state index in [1.54, 1.807) is 0 Å². The Hall–Kier alpha value is -1.05. The Morgan fingerprint density at radius 2 is 2.15 bits per heavy atom. The molecule has 0 unspecified atom stereocenters. The number of aromatic nitrogens is 1. The number of hydrogen-bond acceptors (Lipinski definition) is 2. The van der Waals surface area contributed by atoms with E-state index in [1.165, 1.54) is 19.3 Å². The topological polar surface area (TPSA) is 24.9 Å². The van der Waals surface area contributed by atoms with E-state index in [4.69, 9.17) is 0 Å². The lowest BCUT2D eigenvalue weighted by Gasteiger charge is -2.39. The SMILES string of the molecule is Cc1cccc(NC2(C)CCC2)n1. The second-order valence-corrected chi connectivity index (χ2v) is 4.20. The molecule has 1 heterocycles. The van der Waals surface area contributed by atoms with Crippen molar-refractivity contribution in [3.63, 3.8) is 0 Å². The lowest BCUT2D eigenvalue weighted by molar-refractivity contribution is 0.305. The van der Waals surface area contributed by atoms with Crippen molar-refractivity contribution in [2.75, 3.05) is 5.32 Å². The summed E-state index contributed by atoms with van der Waals surface area (Å²) in [5.74, 6) is 1.02. The highest BCUT2D eigenvalue weighted by Gasteiger charge is 2.31. The zero-order chi connectivity index (χ0) is 9.31. The van der Waals surface area contributed by atoms with Crippen molar-refractivity contribution in [2.24, 2.45) is 0 Å². The molecular formula is C11H16N2. The number of hydrogen-bond donors (Lipinski definition) is 1. The highest BCUT2D eigenvalue weighted by Crippen LogP contribution is 2.33. The van der Waals surface area contributed by atoms with Crippen molar-refractivity contribution in [3.05, 3.63) is 23.9 Å². The Bertz CT molecular complexity index is 303. The van der Waals surface area contributed by atoms with Crippen LogP contribution in [0.4, 0.5) is 5.82 Å². The van der Waals surface area contributed by atoms with Crippen LogP contribution in [-0.2, 0) is 0 Å². The molecule has 0 radical (unpaired) electrons. The first-order chi connectivity index (χ1) is 6.18. The Kier molecular flexibility index (Phi) is 1.98. The Morgan fingerprint density at radius 3 is 2.69 bits per heavy atom. The molecule has 0 atom stereocenters. The van der Waals surface area contributed by atoms with Gasteiger partial charge in [0.05, 0.1) is 0 Å². The van der Waals surface area contributed by atoms with E-state index in [9.17, 15) is 0 Å². The summed E-state index contributed by atoms with van der Waals surface area (Å²) in [5.41, 5.74) is 1.38. The van der Waals surface area contributed by atoms with Gasteiger partial charge >= 0.3 is 0 Å². The molecule has 1 N–H and O–H groups in total. The molecule has 2 heteroatoms. The normalized spacial score (nSPS) is 19.2. The second-order valence-electron chi connectivity index (χ2n) is 4.20. The standard InChI is InChI=1S/C11H16N2/c1-9-5-3-6-10(12-9)13-11(2)7-4-8-11/h3,5-6H,4,7-8H2,1-2H3,(H,12,13). The molecular weight excluding hydrogens is 160 g/mol. The monoisotopic (exact) mass is 176 g/mol. The Morgan fingerprint density at radius 1 is 1.38 bits per heavy atom. The van der Waals surface area contributed by atoms with Crippen LogP contribution in [0.5, 0.6) is 0 Å². The molecule has 2 nitrogen and oxygen atoms in total. The molecule has 1 aliphatic carbocycles. The molecule has 2 rings (SSSR count). The fourth-order valence-electron chi connectivity index (χ4n) is 1.75. The summed E-state index contributed by atoms with van der Waals surface area (Å²) in [4.78, 5) is 4.43. The summed E-state index contributed by atoms with van der Waals surface area (Å²) in [6, 6.07) is 6.11. The van der Waals surface area contributed by atoms with E-state index < -0.39 is 0 Å². The molecule has 1 aliphatic rings. The van der Waals surface area contributed by atoms with Gasteiger partial charge in [-0.05, 0) is 45.2 Å². The summed E-state index contributed by atoms with van der Waals surface area (Å²) < 4.78 is 0. The van der Waals surface area contributed by atoms with Crippen LogP contribution in [0.1, 0.15) is 31.9 Å². The van der Waals surface area contributed by atoms with Crippen molar-refractivity contribution in [1.29, 1.82) is 0 Å². The number of rotatable bonds is 2. The summed E-state index contributed by atoms with van der Waals surface area (Å²) in [5, 5.41) is 3.48. The van der Waals surface area contributed by atoms with Gasteiger partial charge in [-0.1, -0.05) is 6.07 Å². The smallest absolute Gasteiger partial charge is 0.126 e. The maximum absolute atomic E-state index is 4.43. The predicted molar refractivity (Wildman–Crippen MR) is 54.9 cm³/mol. The summed E-state index contributed by atoms with van der Waals surface area (Å²) in [6.45, 7) is 4.29. The summed E-state index contributed by atoms with van der Waals surface area (Å²) in [6.07, 6.45) is 3.88. The van der Waals surface area contributed by atoms with Crippen LogP contribution in [0, 0.1) is 6.92 Å². The lowest BCUT2D eigenvalue weighted by atomic mass is 9.78. The quantitative estimate of drug-likeness (QED) is 0.749. The minimum absolute atomic E-state index is 0.306. The van der Waals surface area contributed by atoms with E-state index in [-0.39, 0.29) is 0 Å². The van der Waals surface area contributed by atoms with Gasteiger partial charge in [0.2, 0.25) is 0 Å². The molecule has 70 valence electrons. The molecule has 1 aromatic rings. The van der Waals surface area contributed by atoms with E-state index in [0.29, 0.717) is 5.54 Å². The molecule has 1 saturated carbocycles. The van der Waals surface area contributed by atoms with E-state index in [1.807, 2.05) is 25.1 Å². The predicted octanol–water partition coefficient (Wildman–Crippen LogP) is 2.74. The molecule has 0 amide bonds. The third-order valence-electron chi connectivity index (χ3n) is 2.78. The van der Waals surface area contributed by atoms with Crippen LogP contribution in [0.15, 0.2) is 18.2 Å². The highest BCUT2D eigenvalue weighted by atomic mass is 15.1. The molecule has 1 aromatic heterocycles. The first kappa shape index (κ1) is 8.54. The first-order valence-electron chi connectivity index (χ1n) is 4.90. The molecule has 0 aromatic carbocycles. The number of anilines is 1. The van der Waals surface area contributed by atoms with Crippen molar-refractivity contribution in [1.82, 2.24) is 4.98 Å². The number of aryl methyl sites for hydroxylation is 1.